The van der Waals surface area contributed by atoms with E-state index >= 15 is 0 Å². The quantitative estimate of drug-likeness (QED) is 0.865. The number of nitrogens with zero attached hydrogens (tertiary/aromatic N) is 1. The summed E-state index contributed by atoms with van der Waals surface area (Å²) in [6, 6.07) is 2.89. The van der Waals surface area contributed by atoms with Crippen molar-refractivity contribution in [2.45, 2.75) is 31.3 Å². The molecule has 2 heterocycles. The Kier molecular flexibility index (Phi) is 2.15. The fraction of sp³-hybridized carbons (Fsp3) is 0.400. The third-order valence-corrected chi connectivity index (χ3v) is 4.35. The molecule has 1 aromatic carbocycles. The molecule has 1 saturated carbocycles. The van der Waals surface area contributed by atoms with Crippen molar-refractivity contribution in [3.8, 4) is 5.75 Å². The van der Waals surface area contributed by atoms with E-state index in [9.17, 15) is 9.18 Å². The van der Waals surface area contributed by atoms with Crippen molar-refractivity contribution < 1.29 is 9.13 Å². The van der Waals surface area contributed by atoms with Crippen LogP contribution in [0.3, 0.4) is 0 Å². The smallest absolute Gasteiger partial charge is 0.189 e. The van der Waals surface area contributed by atoms with Gasteiger partial charge in [-0.15, -0.1) is 0 Å². The van der Waals surface area contributed by atoms with Gasteiger partial charge in [0.15, 0.2) is 11.2 Å². The number of benzene rings is 1. The van der Waals surface area contributed by atoms with Crippen molar-refractivity contribution in [3.63, 3.8) is 0 Å². The highest BCUT2D eigenvalue weighted by Crippen LogP contribution is 2.50. The van der Waals surface area contributed by atoms with Gasteiger partial charge in [-0.25, -0.2) is 4.39 Å². The lowest BCUT2D eigenvalue weighted by Crippen LogP contribution is -2.28. The zero-order chi connectivity index (χ0) is 14.1. The molecule has 5 heteroatoms. The lowest BCUT2D eigenvalue weighted by molar-refractivity contribution is 0.241. The second-order valence-electron chi connectivity index (χ2n) is 5.86. The summed E-state index contributed by atoms with van der Waals surface area (Å²) in [5.41, 5.74) is 6.45. The Hall–Kier alpha value is -1.88. The number of halogens is 1. The normalized spacial score (nSPS) is 22.6. The Morgan fingerprint density at radius 2 is 2.25 bits per heavy atom. The van der Waals surface area contributed by atoms with Gasteiger partial charge in [-0.05, 0) is 25.8 Å². The summed E-state index contributed by atoms with van der Waals surface area (Å²) in [6.45, 7) is 2.46. The number of aromatic nitrogens is 1. The number of ether oxygens (including phenoxy) is 1. The van der Waals surface area contributed by atoms with Crippen LogP contribution in [-0.2, 0) is 5.54 Å². The summed E-state index contributed by atoms with van der Waals surface area (Å²) in [5, 5.41) is 0.361. The van der Waals surface area contributed by atoms with Crippen LogP contribution >= 0.6 is 0 Å². The van der Waals surface area contributed by atoms with Crippen LogP contribution in [0.1, 0.15) is 31.4 Å². The Balaban J connectivity index is 2.19. The summed E-state index contributed by atoms with van der Waals surface area (Å²) in [6.07, 6.45) is 3.25. The number of nitrogens with two attached hydrogens (primary N) is 1. The molecule has 20 heavy (non-hydrogen) atoms. The second kappa shape index (κ2) is 3.61. The molecular formula is C15H15FN2O2. The van der Waals surface area contributed by atoms with E-state index in [-0.39, 0.29) is 11.5 Å². The molecule has 1 fully saturated rings. The van der Waals surface area contributed by atoms with Crippen molar-refractivity contribution >= 4 is 10.9 Å². The number of hydrogen-bond acceptors (Lipinski definition) is 3. The third-order valence-electron chi connectivity index (χ3n) is 4.35. The summed E-state index contributed by atoms with van der Waals surface area (Å²) in [5.74, 6) is 0.0210. The van der Waals surface area contributed by atoms with Gasteiger partial charge in [0.1, 0.15) is 12.4 Å². The first-order valence-electron chi connectivity index (χ1n) is 6.81. The highest BCUT2D eigenvalue weighted by atomic mass is 19.1. The average molecular weight is 274 g/mol. The summed E-state index contributed by atoms with van der Waals surface area (Å²) < 4.78 is 22.2. The summed E-state index contributed by atoms with van der Waals surface area (Å²) >= 11 is 0. The Morgan fingerprint density at radius 1 is 1.50 bits per heavy atom. The largest absolute Gasteiger partial charge is 0.489 e. The van der Waals surface area contributed by atoms with Crippen molar-refractivity contribution in [1.29, 1.82) is 0 Å². The van der Waals surface area contributed by atoms with Crippen LogP contribution in [0.2, 0.25) is 0 Å². The summed E-state index contributed by atoms with van der Waals surface area (Å²) in [7, 11) is 0. The minimum atomic E-state index is -0.634. The number of hydrogen-bond donors (Lipinski definition) is 1. The van der Waals surface area contributed by atoms with Gasteiger partial charge in [0, 0.05) is 17.8 Å². The molecule has 1 aromatic heterocycles. The van der Waals surface area contributed by atoms with Gasteiger partial charge in [0.05, 0.1) is 22.5 Å². The number of rotatable bonds is 1. The molecule has 4 rings (SSSR count). The Morgan fingerprint density at radius 3 is 2.95 bits per heavy atom. The van der Waals surface area contributed by atoms with Crippen molar-refractivity contribution in [2.24, 2.45) is 5.73 Å². The van der Waals surface area contributed by atoms with E-state index in [0.717, 1.165) is 12.8 Å². The van der Waals surface area contributed by atoms with Gasteiger partial charge in [-0.3, -0.25) is 4.79 Å². The number of pyridine rings is 1. The molecule has 4 nitrogen and oxygen atoms in total. The first kappa shape index (κ1) is 11.9. The van der Waals surface area contributed by atoms with Crippen LogP contribution < -0.4 is 15.9 Å². The van der Waals surface area contributed by atoms with Crippen LogP contribution in [0, 0.1) is 5.82 Å². The fourth-order valence-electron chi connectivity index (χ4n) is 3.01. The molecule has 0 spiro atoms. The van der Waals surface area contributed by atoms with E-state index in [1.54, 1.807) is 6.20 Å². The predicted octanol–water partition coefficient (Wildman–Crippen LogP) is 2.04. The maximum absolute atomic E-state index is 14.4. The third kappa shape index (κ3) is 1.41. The Bertz CT molecular complexity index is 793. The van der Waals surface area contributed by atoms with Gasteiger partial charge < -0.3 is 15.0 Å². The van der Waals surface area contributed by atoms with E-state index < -0.39 is 11.4 Å². The molecule has 1 atom stereocenters. The maximum atomic E-state index is 14.4. The van der Waals surface area contributed by atoms with Gasteiger partial charge >= 0.3 is 0 Å². The van der Waals surface area contributed by atoms with Gasteiger partial charge in [0.25, 0.3) is 0 Å². The topological polar surface area (TPSA) is 57.2 Å². The lowest BCUT2D eigenvalue weighted by Gasteiger charge is -2.29. The molecule has 1 aliphatic heterocycles. The van der Waals surface area contributed by atoms with E-state index in [1.807, 2.05) is 11.5 Å². The van der Waals surface area contributed by atoms with E-state index in [2.05, 4.69) is 0 Å². The average Bonchev–Trinajstić information content (AvgIpc) is 3.14. The van der Waals surface area contributed by atoms with Gasteiger partial charge in [-0.2, -0.15) is 0 Å². The zero-order valence-electron chi connectivity index (χ0n) is 11.1. The molecule has 2 aliphatic rings. The SMILES string of the molecule is C[C@H]1COc2c(C3(N)CC3)c(F)cc3c(=O)ccn1c23. The van der Waals surface area contributed by atoms with Crippen LogP contribution in [-0.4, -0.2) is 11.2 Å². The van der Waals surface area contributed by atoms with Crippen molar-refractivity contribution in [3.05, 3.63) is 39.9 Å². The molecule has 1 aliphatic carbocycles. The standard InChI is InChI=1S/C15H15FN2O2/c1-8-7-20-14-12(15(17)3-4-15)10(16)6-9-11(19)2-5-18(8)13(9)14/h2,5-6,8H,3-4,7,17H2,1H3/t8-/m0/s1. The van der Waals surface area contributed by atoms with Crippen molar-refractivity contribution in [2.75, 3.05) is 6.61 Å². The van der Waals surface area contributed by atoms with Crippen LogP contribution in [0.15, 0.2) is 23.1 Å². The Labute approximate surface area is 115 Å². The van der Waals surface area contributed by atoms with Crippen LogP contribution in [0.4, 0.5) is 4.39 Å². The molecule has 0 saturated heterocycles. The zero-order valence-corrected chi connectivity index (χ0v) is 11.1. The van der Waals surface area contributed by atoms with E-state index in [4.69, 9.17) is 10.5 Å². The van der Waals surface area contributed by atoms with Crippen LogP contribution in [0.5, 0.6) is 5.75 Å². The first-order chi connectivity index (χ1) is 9.51. The molecule has 104 valence electrons. The van der Waals surface area contributed by atoms with E-state index in [0.29, 0.717) is 28.8 Å². The predicted molar refractivity (Wildman–Crippen MR) is 73.5 cm³/mol. The van der Waals surface area contributed by atoms with Crippen molar-refractivity contribution in [1.82, 2.24) is 4.57 Å². The molecule has 2 N–H and O–H groups in total. The highest BCUT2D eigenvalue weighted by molar-refractivity contribution is 5.87. The molecule has 0 bridgehead atoms. The highest BCUT2D eigenvalue weighted by Gasteiger charge is 2.46. The second-order valence-corrected chi connectivity index (χ2v) is 5.86. The molecule has 2 aromatic rings. The molecular weight excluding hydrogens is 259 g/mol. The van der Waals surface area contributed by atoms with Gasteiger partial charge in [-0.1, -0.05) is 0 Å². The molecule has 0 amide bonds. The monoisotopic (exact) mass is 274 g/mol. The minimum absolute atomic E-state index is 0.108. The molecule has 0 radical (unpaired) electrons. The minimum Gasteiger partial charge on any atom is -0.489 e. The fourth-order valence-corrected chi connectivity index (χ4v) is 3.01. The summed E-state index contributed by atoms with van der Waals surface area (Å²) in [4.78, 5) is 12.0. The van der Waals surface area contributed by atoms with Crippen LogP contribution in [0.25, 0.3) is 10.9 Å². The maximum Gasteiger partial charge on any atom is 0.189 e. The van der Waals surface area contributed by atoms with E-state index in [1.165, 1.54) is 12.1 Å². The first-order valence-corrected chi connectivity index (χ1v) is 6.81. The molecule has 0 unspecified atom stereocenters. The lowest BCUT2D eigenvalue weighted by atomic mass is 9.99. The van der Waals surface area contributed by atoms with Gasteiger partial charge in [0.2, 0.25) is 0 Å².